The van der Waals surface area contributed by atoms with Crippen LogP contribution < -0.4 is 10.0 Å². The van der Waals surface area contributed by atoms with E-state index in [1.165, 1.54) is 0 Å². The number of halogens is 1. The van der Waals surface area contributed by atoms with Gasteiger partial charge in [0, 0.05) is 23.3 Å². The molecule has 1 atom stereocenters. The fourth-order valence-electron chi connectivity index (χ4n) is 2.04. The van der Waals surface area contributed by atoms with Gasteiger partial charge < -0.3 is 5.32 Å². The molecule has 118 valence electrons. The van der Waals surface area contributed by atoms with Crippen LogP contribution in [0.25, 0.3) is 0 Å². The quantitative estimate of drug-likeness (QED) is 0.846. The SMILES string of the molecule is C[C@@H](Nc1ccc(CNS(C)(=O)=O)cc1)c1cccc(Cl)c1. The first-order valence-electron chi connectivity index (χ1n) is 6.89. The van der Waals surface area contributed by atoms with E-state index >= 15 is 0 Å². The van der Waals surface area contributed by atoms with Crippen molar-refractivity contribution in [1.29, 1.82) is 0 Å². The van der Waals surface area contributed by atoms with Crippen LogP contribution in [0.5, 0.6) is 0 Å². The first kappa shape index (κ1) is 16.8. The van der Waals surface area contributed by atoms with Gasteiger partial charge in [-0.05, 0) is 42.3 Å². The van der Waals surface area contributed by atoms with E-state index in [0.29, 0.717) is 11.6 Å². The van der Waals surface area contributed by atoms with Gasteiger partial charge in [-0.3, -0.25) is 0 Å². The van der Waals surface area contributed by atoms with Gasteiger partial charge in [-0.15, -0.1) is 0 Å². The Hall–Kier alpha value is -1.56. The van der Waals surface area contributed by atoms with Crippen LogP contribution in [0, 0.1) is 0 Å². The van der Waals surface area contributed by atoms with E-state index in [4.69, 9.17) is 11.6 Å². The second-order valence-electron chi connectivity index (χ2n) is 5.21. The summed E-state index contributed by atoms with van der Waals surface area (Å²) in [6.45, 7) is 2.35. The lowest BCUT2D eigenvalue weighted by atomic mass is 10.1. The van der Waals surface area contributed by atoms with Gasteiger partial charge in [-0.1, -0.05) is 35.9 Å². The van der Waals surface area contributed by atoms with Crippen molar-refractivity contribution in [1.82, 2.24) is 4.72 Å². The summed E-state index contributed by atoms with van der Waals surface area (Å²) in [7, 11) is -3.17. The average Bonchev–Trinajstić information content (AvgIpc) is 2.46. The van der Waals surface area contributed by atoms with E-state index < -0.39 is 10.0 Å². The number of hydrogen-bond acceptors (Lipinski definition) is 3. The first-order valence-corrected chi connectivity index (χ1v) is 9.16. The summed E-state index contributed by atoms with van der Waals surface area (Å²) in [5.74, 6) is 0. The minimum absolute atomic E-state index is 0.124. The van der Waals surface area contributed by atoms with Crippen LogP contribution in [-0.2, 0) is 16.6 Å². The number of anilines is 1. The lowest BCUT2D eigenvalue weighted by molar-refractivity contribution is 0.587. The summed E-state index contributed by atoms with van der Waals surface area (Å²) in [6.07, 6.45) is 1.15. The first-order chi connectivity index (χ1) is 10.3. The molecule has 2 rings (SSSR count). The Morgan fingerprint density at radius 3 is 2.41 bits per heavy atom. The number of rotatable bonds is 6. The van der Waals surface area contributed by atoms with E-state index in [1.54, 1.807) is 0 Å². The predicted molar refractivity (Wildman–Crippen MR) is 91.6 cm³/mol. The van der Waals surface area contributed by atoms with Crippen molar-refractivity contribution >= 4 is 27.3 Å². The maximum absolute atomic E-state index is 11.1. The topological polar surface area (TPSA) is 58.2 Å². The van der Waals surface area contributed by atoms with Gasteiger partial charge in [-0.25, -0.2) is 13.1 Å². The molecule has 0 aliphatic heterocycles. The van der Waals surface area contributed by atoms with Crippen LogP contribution in [0.4, 0.5) is 5.69 Å². The van der Waals surface area contributed by atoms with Crippen molar-refractivity contribution in [3.05, 3.63) is 64.7 Å². The standard InChI is InChI=1S/C16H19ClN2O2S/c1-12(14-4-3-5-15(17)10-14)19-16-8-6-13(7-9-16)11-18-22(2,20)21/h3-10,12,18-19H,11H2,1-2H3/t12-/m1/s1. The summed E-state index contributed by atoms with van der Waals surface area (Å²) >= 11 is 6.00. The van der Waals surface area contributed by atoms with E-state index in [-0.39, 0.29) is 6.04 Å². The van der Waals surface area contributed by atoms with Gasteiger partial charge in [0.15, 0.2) is 0 Å². The van der Waals surface area contributed by atoms with Gasteiger partial charge in [0.05, 0.1) is 6.26 Å². The molecule has 0 amide bonds. The molecule has 0 radical (unpaired) electrons. The highest BCUT2D eigenvalue weighted by atomic mass is 35.5. The maximum atomic E-state index is 11.1. The van der Waals surface area contributed by atoms with Crippen molar-refractivity contribution in [2.75, 3.05) is 11.6 Å². The van der Waals surface area contributed by atoms with Crippen molar-refractivity contribution in [2.24, 2.45) is 0 Å². The molecular weight excluding hydrogens is 320 g/mol. The van der Waals surface area contributed by atoms with Gasteiger partial charge in [0.25, 0.3) is 0 Å². The smallest absolute Gasteiger partial charge is 0.209 e. The molecular formula is C16H19ClN2O2S. The summed E-state index contributed by atoms with van der Waals surface area (Å²) in [4.78, 5) is 0. The van der Waals surface area contributed by atoms with Gasteiger partial charge in [0.2, 0.25) is 10.0 Å². The van der Waals surface area contributed by atoms with Crippen LogP contribution in [0.3, 0.4) is 0 Å². The second-order valence-corrected chi connectivity index (χ2v) is 7.48. The number of sulfonamides is 1. The van der Waals surface area contributed by atoms with Gasteiger partial charge in [-0.2, -0.15) is 0 Å². The Labute approximate surface area is 136 Å². The molecule has 0 bridgehead atoms. The molecule has 4 nitrogen and oxygen atoms in total. The molecule has 2 aromatic carbocycles. The molecule has 2 N–H and O–H groups in total. The van der Waals surface area contributed by atoms with E-state index in [0.717, 1.165) is 23.1 Å². The van der Waals surface area contributed by atoms with Crippen molar-refractivity contribution in [3.8, 4) is 0 Å². The Kier molecular flexibility index (Phi) is 5.45. The lowest BCUT2D eigenvalue weighted by Gasteiger charge is -2.16. The molecule has 2 aromatic rings. The van der Waals surface area contributed by atoms with E-state index in [9.17, 15) is 8.42 Å². The highest BCUT2D eigenvalue weighted by molar-refractivity contribution is 7.88. The summed E-state index contributed by atoms with van der Waals surface area (Å²) in [6, 6.07) is 15.5. The Morgan fingerprint density at radius 2 is 1.82 bits per heavy atom. The van der Waals surface area contributed by atoms with Crippen LogP contribution in [0.1, 0.15) is 24.1 Å². The molecule has 0 fully saturated rings. The van der Waals surface area contributed by atoms with Crippen LogP contribution in [0.15, 0.2) is 48.5 Å². The van der Waals surface area contributed by atoms with Gasteiger partial charge >= 0.3 is 0 Å². The zero-order valence-electron chi connectivity index (χ0n) is 12.5. The predicted octanol–water partition coefficient (Wildman–Crippen LogP) is 3.56. The van der Waals surface area contributed by atoms with Gasteiger partial charge in [0.1, 0.15) is 0 Å². The minimum atomic E-state index is -3.17. The van der Waals surface area contributed by atoms with Crippen molar-refractivity contribution < 1.29 is 8.42 Å². The summed E-state index contributed by atoms with van der Waals surface area (Å²) < 4.78 is 24.6. The average molecular weight is 339 g/mol. The van der Waals surface area contributed by atoms with Crippen molar-refractivity contribution in [3.63, 3.8) is 0 Å². The number of benzene rings is 2. The molecule has 6 heteroatoms. The van der Waals surface area contributed by atoms with Crippen molar-refractivity contribution in [2.45, 2.75) is 19.5 Å². The molecule has 0 aliphatic carbocycles. The zero-order chi connectivity index (χ0) is 16.2. The fraction of sp³-hybridized carbons (Fsp3) is 0.250. The molecule has 0 spiro atoms. The van der Waals surface area contributed by atoms with Crippen LogP contribution in [0.2, 0.25) is 5.02 Å². The lowest BCUT2D eigenvalue weighted by Crippen LogP contribution is -2.21. The summed E-state index contributed by atoms with van der Waals surface area (Å²) in [5.41, 5.74) is 2.98. The maximum Gasteiger partial charge on any atom is 0.209 e. The monoisotopic (exact) mass is 338 g/mol. The fourth-order valence-corrected chi connectivity index (χ4v) is 2.67. The van der Waals surface area contributed by atoms with Crippen LogP contribution >= 0.6 is 11.6 Å². The number of hydrogen-bond donors (Lipinski definition) is 2. The molecule has 0 aliphatic rings. The highest BCUT2D eigenvalue weighted by Crippen LogP contribution is 2.22. The number of nitrogens with one attached hydrogen (secondary N) is 2. The summed E-state index contributed by atoms with van der Waals surface area (Å²) in [5, 5.41) is 4.10. The zero-order valence-corrected chi connectivity index (χ0v) is 14.1. The third-order valence-electron chi connectivity index (χ3n) is 3.22. The third-order valence-corrected chi connectivity index (χ3v) is 4.13. The third kappa shape index (κ3) is 5.33. The Bertz CT molecular complexity index is 730. The molecule has 0 unspecified atom stereocenters. The highest BCUT2D eigenvalue weighted by Gasteiger charge is 2.06. The largest absolute Gasteiger partial charge is 0.379 e. The molecule has 0 aromatic heterocycles. The normalized spacial score (nSPS) is 12.9. The van der Waals surface area contributed by atoms with E-state index in [2.05, 4.69) is 17.0 Å². The molecule has 0 saturated carbocycles. The second kappa shape index (κ2) is 7.13. The van der Waals surface area contributed by atoms with E-state index in [1.807, 2.05) is 48.5 Å². The Balaban J connectivity index is 1.99. The molecule has 0 heterocycles. The molecule has 0 saturated heterocycles. The Morgan fingerprint density at radius 1 is 1.14 bits per heavy atom. The molecule has 22 heavy (non-hydrogen) atoms. The van der Waals surface area contributed by atoms with Crippen LogP contribution in [-0.4, -0.2) is 14.7 Å². The minimum Gasteiger partial charge on any atom is -0.379 e.